The largest absolute Gasteiger partial charge is 0.315 e. The van der Waals surface area contributed by atoms with Gasteiger partial charge in [0.15, 0.2) is 0 Å². The summed E-state index contributed by atoms with van der Waals surface area (Å²) in [6, 6.07) is 1.20. The minimum atomic E-state index is 0.495. The van der Waals surface area contributed by atoms with Crippen molar-refractivity contribution in [1.29, 1.82) is 0 Å². The standard InChI is InChI=1S/C10H20N2/c1-4-9(2)12(3)10-6-5-7-11-8-10/h4,9-11H,1,5-8H2,2-3H3. The summed E-state index contributed by atoms with van der Waals surface area (Å²) >= 11 is 0. The van der Waals surface area contributed by atoms with Crippen LogP contribution < -0.4 is 5.32 Å². The van der Waals surface area contributed by atoms with Crippen LogP contribution in [-0.4, -0.2) is 37.1 Å². The van der Waals surface area contributed by atoms with Gasteiger partial charge in [0.1, 0.15) is 0 Å². The molecule has 1 aliphatic rings. The Kier molecular flexibility index (Phi) is 3.76. The Morgan fingerprint density at radius 2 is 2.42 bits per heavy atom. The summed E-state index contributed by atoms with van der Waals surface area (Å²) in [5, 5.41) is 3.42. The second-order valence-electron chi connectivity index (χ2n) is 3.64. The highest BCUT2D eigenvalue weighted by Gasteiger charge is 2.19. The van der Waals surface area contributed by atoms with E-state index in [4.69, 9.17) is 0 Å². The van der Waals surface area contributed by atoms with Crippen molar-refractivity contribution in [2.75, 3.05) is 20.1 Å². The molecule has 0 aliphatic carbocycles. The first-order chi connectivity index (χ1) is 5.75. The maximum Gasteiger partial charge on any atom is 0.0247 e. The SMILES string of the molecule is C=CC(C)N(C)C1CCCNC1. The third-order valence-corrected chi connectivity index (χ3v) is 2.83. The summed E-state index contributed by atoms with van der Waals surface area (Å²) in [4.78, 5) is 2.40. The fourth-order valence-electron chi connectivity index (χ4n) is 1.68. The van der Waals surface area contributed by atoms with E-state index in [0.29, 0.717) is 12.1 Å². The highest BCUT2D eigenvalue weighted by molar-refractivity contribution is 4.87. The second-order valence-corrected chi connectivity index (χ2v) is 3.64. The van der Waals surface area contributed by atoms with Crippen molar-refractivity contribution in [3.63, 3.8) is 0 Å². The first kappa shape index (κ1) is 9.75. The molecule has 2 nitrogen and oxygen atoms in total. The summed E-state index contributed by atoms with van der Waals surface area (Å²) in [5.74, 6) is 0. The predicted octanol–water partition coefficient (Wildman–Crippen LogP) is 1.24. The van der Waals surface area contributed by atoms with Gasteiger partial charge in [0.25, 0.3) is 0 Å². The van der Waals surface area contributed by atoms with Crippen LogP contribution in [-0.2, 0) is 0 Å². The van der Waals surface area contributed by atoms with E-state index >= 15 is 0 Å². The van der Waals surface area contributed by atoms with Gasteiger partial charge in [0.05, 0.1) is 0 Å². The van der Waals surface area contributed by atoms with Crippen molar-refractivity contribution < 1.29 is 0 Å². The Morgan fingerprint density at radius 3 is 2.92 bits per heavy atom. The number of piperidine rings is 1. The first-order valence-electron chi connectivity index (χ1n) is 4.81. The minimum absolute atomic E-state index is 0.495. The Balaban J connectivity index is 2.38. The Labute approximate surface area is 75.6 Å². The number of nitrogens with zero attached hydrogens (tertiary/aromatic N) is 1. The summed E-state index contributed by atoms with van der Waals surface area (Å²) in [5.41, 5.74) is 0. The van der Waals surface area contributed by atoms with Crippen LogP contribution >= 0.6 is 0 Å². The minimum Gasteiger partial charge on any atom is -0.315 e. The van der Waals surface area contributed by atoms with Gasteiger partial charge >= 0.3 is 0 Å². The van der Waals surface area contributed by atoms with Crippen molar-refractivity contribution in [2.24, 2.45) is 0 Å². The van der Waals surface area contributed by atoms with Gasteiger partial charge in [-0.2, -0.15) is 0 Å². The normalized spacial score (nSPS) is 27.1. The van der Waals surface area contributed by atoms with Crippen LogP contribution in [0, 0.1) is 0 Å². The van der Waals surface area contributed by atoms with Crippen molar-refractivity contribution in [3.05, 3.63) is 12.7 Å². The molecule has 0 bridgehead atoms. The molecule has 0 aromatic heterocycles. The van der Waals surface area contributed by atoms with Gasteiger partial charge in [0, 0.05) is 18.6 Å². The number of nitrogens with one attached hydrogen (secondary N) is 1. The molecular weight excluding hydrogens is 148 g/mol. The predicted molar refractivity (Wildman–Crippen MR) is 53.3 cm³/mol. The maximum atomic E-state index is 3.81. The lowest BCUT2D eigenvalue weighted by atomic mass is 10.1. The van der Waals surface area contributed by atoms with Gasteiger partial charge in [0.2, 0.25) is 0 Å². The zero-order valence-electron chi connectivity index (χ0n) is 8.21. The highest BCUT2D eigenvalue weighted by atomic mass is 15.2. The molecule has 0 saturated carbocycles. The molecule has 0 amide bonds. The lowest BCUT2D eigenvalue weighted by molar-refractivity contribution is 0.179. The topological polar surface area (TPSA) is 15.3 Å². The molecule has 70 valence electrons. The molecule has 1 fully saturated rings. The van der Waals surface area contributed by atoms with E-state index in [1.165, 1.54) is 19.4 Å². The fraction of sp³-hybridized carbons (Fsp3) is 0.800. The fourth-order valence-corrected chi connectivity index (χ4v) is 1.68. The van der Waals surface area contributed by atoms with Crippen molar-refractivity contribution in [1.82, 2.24) is 10.2 Å². The summed E-state index contributed by atoms with van der Waals surface area (Å²) in [6.45, 7) is 8.33. The highest BCUT2D eigenvalue weighted by Crippen LogP contribution is 2.11. The molecule has 2 atom stereocenters. The zero-order valence-corrected chi connectivity index (χ0v) is 8.21. The first-order valence-corrected chi connectivity index (χ1v) is 4.81. The van der Waals surface area contributed by atoms with Gasteiger partial charge in [-0.25, -0.2) is 0 Å². The van der Waals surface area contributed by atoms with Crippen molar-refractivity contribution in [3.8, 4) is 0 Å². The molecule has 1 aliphatic heterocycles. The van der Waals surface area contributed by atoms with Gasteiger partial charge in [-0.1, -0.05) is 6.08 Å². The van der Waals surface area contributed by atoms with E-state index < -0.39 is 0 Å². The molecule has 2 unspecified atom stereocenters. The monoisotopic (exact) mass is 168 g/mol. The van der Waals surface area contributed by atoms with Gasteiger partial charge in [-0.05, 0) is 33.4 Å². The average Bonchev–Trinajstić information content (AvgIpc) is 2.17. The summed E-state index contributed by atoms with van der Waals surface area (Å²) < 4.78 is 0. The van der Waals surface area contributed by atoms with Crippen LogP contribution in [0.4, 0.5) is 0 Å². The molecule has 1 rings (SSSR count). The van der Waals surface area contributed by atoms with E-state index in [1.807, 2.05) is 6.08 Å². The summed E-state index contributed by atoms with van der Waals surface area (Å²) in [6.07, 6.45) is 4.63. The number of rotatable bonds is 3. The third-order valence-electron chi connectivity index (χ3n) is 2.83. The average molecular weight is 168 g/mol. The van der Waals surface area contributed by atoms with Crippen LogP contribution in [0.2, 0.25) is 0 Å². The van der Waals surface area contributed by atoms with E-state index in [-0.39, 0.29) is 0 Å². The molecule has 12 heavy (non-hydrogen) atoms. The van der Waals surface area contributed by atoms with Gasteiger partial charge in [-0.3, -0.25) is 4.90 Å². The maximum absolute atomic E-state index is 3.81. The van der Waals surface area contributed by atoms with Crippen LogP contribution in [0.3, 0.4) is 0 Å². The quantitative estimate of drug-likeness (QED) is 0.638. The molecule has 0 aromatic carbocycles. The molecule has 0 aromatic rings. The second kappa shape index (κ2) is 4.63. The Morgan fingerprint density at radius 1 is 1.67 bits per heavy atom. The van der Waals surface area contributed by atoms with E-state index in [0.717, 1.165) is 6.54 Å². The smallest absolute Gasteiger partial charge is 0.0247 e. The number of hydrogen-bond donors (Lipinski definition) is 1. The van der Waals surface area contributed by atoms with E-state index in [2.05, 4.69) is 30.8 Å². The molecule has 1 heterocycles. The van der Waals surface area contributed by atoms with Crippen LogP contribution in [0.25, 0.3) is 0 Å². The number of hydrogen-bond acceptors (Lipinski definition) is 2. The molecule has 2 heteroatoms. The van der Waals surface area contributed by atoms with Crippen molar-refractivity contribution in [2.45, 2.75) is 31.8 Å². The van der Waals surface area contributed by atoms with Crippen LogP contribution in [0.5, 0.6) is 0 Å². The Bertz CT molecular complexity index is 139. The molecular formula is C10H20N2. The number of likely N-dealkylation sites (N-methyl/N-ethyl adjacent to an activating group) is 1. The lowest BCUT2D eigenvalue weighted by Crippen LogP contribution is -2.47. The molecule has 1 saturated heterocycles. The Hall–Kier alpha value is -0.340. The van der Waals surface area contributed by atoms with E-state index in [9.17, 15) is 0 Å². The third kappa shape index (κ3) is 2.32. The zero-order chi connectivity index (χ0) is 8.97. The molecule has 0 radical (unpaired) electrons. The van der Waals surface area contributed by atoms with Gasteiger partial charge in [-0.15, -0.1) is 6.58 Å². The van der Waals surface area contributed by atoms with Gasteiger partial charge < -0.3 is 5.32 Å². The van der Waals surface area contributed by atoms with E-state index in [1.54, 1.807) is 0 Å². The van der Waals surface area contributed by atoms with Crippen molar-refractivity contribution >= 4 is 0 Å². The lowest BCUT2D eigenvalue weighted by Gasteiger charge is -2.34. The summed E-state index contributed by atoms with van der Waals surface area (Å²) in [7, 11) is 2.18. The van der Waals surface area contributed by atoms with Crippen LogP contribution in [0.1, 0.15) is 19.8 Å². The molecule has 1 N–H and O–H groups in total. The molecule has 0 spiro atoms. The van der Waals surface area contributed by atoms with Crippen LogP contribution in [0.15, 0.2) is 12.7 Å².